The fourth-order valence-corrected chi connectivity index (χ4v) is 6.53. The maximum absolute atomic E-state index is 15.5. The Morgan fingerprint density at radius 1 is 1.00 bits per heavy atom. The van der Waals surface area contributed by atoms with Crippen molar-refractivity contribution in [2.45, 2.75) is 44.6 Å². The van der Waals surface area contributed by atoms with Crippen molar-refractivity contribution in [2.24, 2.45) is 5.92 Å². The molecule has 0 bridgehead atoms. The quantitative estimate of drug-likeness (QED) is 0.294. The number of halogens is 1. The first-order valence-electron chi connectivity index (χ1n) is 14.5. The van der Waals surface area contributed by atoms with Gasteiger partial charge in [0.25, 0.3) is 5.91 Å². The summed E-state index contributed by atoms with van der Waals surface area (Å²) < 4.78 is 22.3. The minimum atomic E-state index is -0.363. The molecule has 0 radical (unpaired) electrons. The number of nitrogens with zero attached hydrogens (tertiary/aromatic N) is 4. The first kappa shape index (κ1) is 25.7. The molecule has 0 unspecified atom stereocenters. The lowest BCUT2D eigenvalue weighted by molar-refractivity contribution is -0.144. The number of anilines is 1. The van der Waals surface area contributed by atoms with Gasteiger partial charge in [0.05, 0.1) is 30.3 Å². The van der Waals surface area contributed by atoms with Crippen LogP contribution in [-0.2, 0) is 16.0 Å². The standard InChI is InChI=1S/C33H33FN4O3/c1-20-27-6-4-3-5-21(27)12-14-37(20)32(39)24-15-26-18-30(35-38(26)31(16-24)22-7-8-22)28-10-9-25(17-29(28)34)36-13-11-23(19-36)33(40)41-2/h3-6,9-10,15-18,20,22-23H,7-8,11-14,19H2,1-2H3/t20-,23+/m1/s1. The van der Waals surface area contributed by atoms with Crippen LogP contribution in [0.15, 0.2) is 60.7 Å². The Morgan fingerprint density at radius 2 is 1.83 bits per heavy atom. The van der Waals surface area contributed by atoms with E-state index in [0.29, 0.717) is 48.8 Å². The fraction of sp³-hybridized carbons (Fsp3) is 0.364. The third kappa shape index (κ3) is 4.55. The van der Waals surface area contributed by atoms with Crippen LogP contribution in [0.2, 0.25) is 0 Å². The SMILES string of the molecule is COC(=O)[C@H]1CCN(c2ccc(-c3cc4cc(C(=O)N5CCc6ccccc6[C@H]5C)cc(C5CC5)n4n3)c(F)c2)C1. The van der Waals surface area contributed by atoms with Crippen LogP contribution in [-0.4, -0.2) is 53.1 Å². The van der Waals surface area contributed by atoms with Crippen molar-refractivity contribution in [2.75, 3.05) is 31.6 Å². The van der Waals surface area contributed by atoms with Gasteiger partial charge in [0, 0.05) is 48.1 Å². The van der Waals surface area contributed by atoms with Gasteiger partial charge < -0.3 is 14.5 Å². The molecular formula is C33H33FN4O3. The van der Waals surface area contributed by atoms with E-state index in [1.165, 1.54) is 24.3 Å². The molecule has 1 aliphatic carbocycles. The molecule has 1 saturated heterocycles. The van der Waals surface area contributed by atoms with E-state index in [2.05, 4.69) is 25.1 Å². The molecule has 41 heavy (non-hydrogen) atoms. The van der Waals surface area contributed by atoms with Crippen LogP contribution in [0.5, 0.6) is 0 Å². The number of ether oxygens (including phenoxy) is 1. The number of aromatic nitrogens is 2. The number of hydrogen-bond acceptors (Lipinski definition) is 5. The Bertz CT molecular complexity index is 1680. The Morgan fingerprint density at radius 3 is 2.61 bits per heavy atom. The number of benzene rings is 2. The van der Waals surface area contributed by atoms with Crippen molar-refractivity contribution in [3.8, 4) is 11.3 Å². The summed E-state index contributed by atoms with van der Waals surface area (Å²) in [7, 11) is 1.40. The zero-order valence-corrected chi connectivity index (χ0v) is 23.3. The highest BCUT2D eigenvalue weighted by Gasteiger charge is 2.32. The highest BCUT2D eigenvalue weighted by molar-refractivity contribution is 5.96. The van der Waals surface area contributed by atoms with E-state index in [1.54, 1.807) is 6.07 Å². The van der Waals surface area contributed by atoms with Crippen LogP contribution in [0, 0.1) is 11.7 Å². The van der Waals surface area contributed by atoms with Crippen LogP contribution in [0.25, 0.3) is 16.8 Å². The van der Waals surface area contributed by atoms with Gasteiger partial charge in [-0.15, -0.1) is 0 Å². The molecule has 2 aliphatic heterocycles. The van der Waals surface area contributed by atoms with E-state index in [-0.39, 0.29) is 29.7 Å². The van der Waals surface area contributed by atoms with Gasteiger partial charge in [-0.3, -0.25) is 9.59 Å². The van der Waals surface area contributed by atoms with Crippen LogP contribution in [0.4, 0.5) is 10.1 Å². The number of esters is 1. The molecule has 0 spiro atoms. The Kier molecular flexibility index (Phi) is 6.29. The molecule has 2 fully saturated rings. The molecule has 4 aromatic rings. The van der Waals surface area contributed by atoms with Gasteiger partial charge in [-0.25, -0.2) is 8.91 Å². The molecule has 2 atom stereocenters. The Balaban J connectivity index is 1.19. The Hall–Kier alpha value is -4.20. The van der Waals surface area contributed by atoms with Crippen LogP contribution in [0.1, 0.15) is 65.3 Å². The van der Waals surface area contributed by atoms with Crippen LogP contribution >= 0.6 is 0 Å². The number of carbonyl (C=O) groups is 2. The summed E-state index contributed by atoms with van der Waals surface area (Å²) >= 11 is 0. The van der Waals surface area contributed by atoms with Crippen LogP contribution < -0.4 is 4.90 Å². The Labute approximate surface area is 238 Å². The van der Waals surface area contributed by atoms with Crippen molar-refractivity contribution in [1.82, 2.24) is 14.5 Å². The molecule has 1 saturated carbocycles. The summed E-state index contributed by atoms with van der Waals surface area (Å²) in [5, 5.41) is 4.81. The van der Waals surface area contributed by atoms with Gasteiger partial charge in [-0.1, -0.05) is 24.3 Å². The smallest absolute Gasteiger partial charge is 0.310 e. The number of methoxy groups -OCH3 is 1. The highest BCUT2D eigenvalue weighted by atomic mass is 19.1. The second kappa shape index (κ2) is 10.0. The average Bonchev–Trinajstić information content (AvgIpc) is 3.55. The number of fused-ring (bicyclic) bond motifs is 2. The molecule has 1 amide bonds. The van der Waals surface area contributed by atoms with Gasteiger partial charge in [-0.05, 0) is 80.1 Å². The molecule has 4 heterocycles. The van der Waals surface area contributed by atoms with Gasteiger partial charge in [0.15, 0.2) is 0 Å². The number of carbonyl (C=O) groups excluding carboxylic acids is 2. The third-order valence-corrected chi connectivity index (χ3v) is 9.00. The second-order valence-electron chi connectivity index (χ2n) is 11.6. The molecule has 7 nitrogen and oxygen atoms in total. The normalized spacial score (nSPS) is 20.4. The number of amides is 1. The molecular weight excluding hydrogens is 519 g/mol. The number of rotatable bonds is 5. The first-order valence-corrected chi connectivity index (χ1v) is 14.5. The lowest BCUT2D eigenvalue weighted by Crippen LogP contribution is -2.38. The number of pyridine rings is 1. The minimum Gasteiger partial charge on any atom is -0.469 e. The van der Waals surface area contributed by atoms with Gasteiger partial charge in [-0.2, -0.15) is 5.10 Å². The monoisotopic (exact) mass is 552 g/mol. The lowest BCUT2D eigenvalue weighted by atomic mass is 9.93. The molecule has 3 aliphatic rings. The van der Waals surface area contributed by atoms with Crippen molar-refractivity contribution >= 4 is 23.1 Å². The van der Waals surface area contributed by atoms with Gasteiger partial charge in [0.1, 0.15) is 5.82 Å². The summed E-state index contributed by atoms with van der Waals surface area (Å²) in [5.74, 6) is -0.412. The summed E-state index contributed by atoms with van der Waals surface area (Å²) in [6.45, 7) is 3.97. The zero-order valence-electron chi connectivity index (χ0n) is 23.3. The molecule has 210 valence electrons. The van der Waals surface area contributed by atoms with Crippen molar-refractivity contribution < 1.29 is 18.7 Å². The van der Waals surface area contributed by atoms with Crippen molar-refractivity contribution in [3.05, 3.63) is 88.9 Å². The summed E-state index contributed by atoms with van der Waals surface area (Å²) in [5.41, 5.74) is 6.65. The molecule has 2 aromatic heterocycles. The first-order chi connectivity index (χ1) is 19.9. The summed E-state index contributed by atoms with van der Waals surface area (Å²) in [4.78, 5) is 29.7. The summed E-state index contributed by atoms with van der Waals surface area (Å²) in [6, 6.07) is 19.3. The van der Waals surface area contributed by atoms with E-state index in [1.807, 2.05) is 44.6 Å². The van der Waals surface area contributed by atoms with E-state index in [0.717, 1.165) is 36.2 Å². The molecule has 2 aromatic carbocycles. The van der Waals surface area contributed by atoms with E-state index < -0.39 is 0 Å². The van der Waals surface area contributed by atoms with E-state index in [9.17, 15) is 9.59 Å². The maximum atomic E-state index is 15.5. The number of hydrogen-bond donors (Lipinski definition) is 0. The van der Waals surface area contributed by atoms with E-state index in [4.69, 9.17) is 9.84 Å². The predicted molar refractivity (Wildman–Crippen MR) is 154 cm³/mol. The minimum absolute atomic E-state index is 0.000334. The van der Waals surface area contributed by atoms with E-state index >= 15 is 4.39 Å². The third-order valence-electron chi connectivity index (χ3n) is 9.00. The molecule has 7 rings (SSSR count). The fourth-order valence-electron chi connectivity index (χ4n) is 6.53. The maximum Gasteiger partial charge on any atom is 0.310 e. The zero-order chi connectivity index (χ0) is 28.2. The largest absolute Gasteiger partial charge is 0.469 e. The van der Waals surface area contributed by atoms with Crippen molar-refractivity contribution in [1.29, 1.82) is 0 Å². The van der Waals surface area contributed by atoms with Gasteiger partial charge in [0.2, 0.25) is 0 Å². The van der Waals surface area contributed by atoms with Gasteiger partial charge >= 0.3 is 5.97 Å². The second-order valence-corrected chi connectivity index (χ2v) is 11.6. The topological polar surface area (TPSA) is 67.2 Å². The predicted octanol–water partition coefficient (Wildman–Crippen LogP) is 5.78. The van der Waals surface area contributed by atoms with Crippen molar-refractivity contribution in [3.63, 3.8) is 0 Å². The molecule has 0 N–H and O–H groups in total. The highest BCUT2D eigenvalue weighted by Crippen LogP contribution is 2.41. The van der Waals surface area contributed by atoms with Crippen LogP contribution in [0.3, 0.4) is 0 Å². The average molecular weight is 553 g/mol. The lowest BCUT2D eigenvalue weighted by Gasteiger charge is -2.35. The molecule has 8 heteroatoms. The summed E-state index contributed by atoms with van der Waals surface area (Å²) in [6.07, 6.45) is 3.65.